The van der Waals surface area contributed by atoms with Gasteiger partial charge >= 0.3 is 5.97 Å². The molecule has 0 radical (unpaired) electrons. The Labute approximate surface area is 93.3 Å². The second kappa shape index (κ2) is 3.95. The Morgan fingerprint density at radius 2 is 2.12 bits per heavy atom. The van der Waals surface area contributed by atoms with Gasteiger partial charge in [-0.1, -0.05) is 0 Å². The lowest BCUT2D eigenvalue weighted by atomic mass is 10.0. The van der Waals surface area contributed by atoms with Gasteiger partial charge in [-0.05, 0) is 12.8 Å². The number of aliphatic carboxylic acids is 1. The maximum Gasteiger partial charge on any atom is 0.327 e. The molecule has 7 nitrogen and oxygen atoms in total. The van der Waals surface area contributed by atoms with Crippen LogP contribution in [-0.2, 0) is 19.7 Å². The van der Waals surface area contributed by atoms with Gasteiger partial charge in [-0.2, -0.15) is 17.9 Å². The number of rotatable bonds is 5. The Morgan fingerprint density at radius 3 is 2.56 bits per heavy atom. The first-order valence-corrected chi connectivity index (χ1v) is 6.54. The van der Waals surface area contributed by atoms with Crippen molar-refractivity contribution in [1.29, 1.82) is 0 Å². The van der Waals surface area contributed by atoms with Gasteiger partial charge in [0.15, 0.2) is 5.54 Å². The fourth-order valence-corrected chi connectivity index (χ4v) is 3.06. The monoisotopic (exact) mass is 250 g/mol. The zero-order valence-electron chi connectivity index (χ0n) is 8.60. The van der Waals surface area contributed by atoms with Crippen LogP contribution in [0.1, 0.15) is 19.3 Å². The smallest absolute Gasteiger partial charge is 0.327 e. The van der Waals surface area contributed by atoms with Crippen molar-refractivity contribution in [3.05, 3.63) is 0 Å². The van der Waals surface area contributed by atoms with E-state index in [1.807, 2.05) is 0 Å². The standard InChI is InChI=1S/C8H14N2O5S/c11-7(12)8(3-4-15-5-8)10-16(13,14)9-6-1-2-6/h6,9-10H,1-5H2,(H,11,12). The average Bonchev–Trinajstić information content (AvgIpc) is 2.80. The summed E-state index contributed by atoms with van der Waals surface area (Å²) >= 11 is 0. The van der Waals surface area contributed by atoms with Crippen LogP contribution in [-0.4, -0.2) is 44.3 Å². The van der Waals surface area contributed by atoms with E-state index in [-0.39, 0.29) is 25.7 Å². The number of nitrogens with one attached hydrogen (secondary N) is 2. The van der Waals surface area contributed by atoms with Crippen molar-refractivity contribution in [2.45, 2.75) is 30.8 Å². The van der Waals surface area contributed by atoms with Crippen LogP contribution in [0.2, 0.25) is 0 Å². The van der Waals surface area contributed by atoms with Gasteiger partial charge < -0.3 is 9.84 Å². The van der Waals surface area contributed by atoms with E-state index in [1.54, 1.807) is 0 Å². The van der Waals surface area contributed by atoms with Crippen molar-refractivity contribution < 1.29 is 23.1 Å². The van der Waals surface area contributed by atoms with Gasteiger partial charge in [0, 0.05) is 19.1 Å². The average molecular weight is 250 g/mol. The van der Waals surface area contributed by atoms with Crippen molar-refractivity contribution in [3.8, 4) is 0 Å². The molecule has 1 aliphatic carbocycles. The number of ether oxygens (including phenoxy) is 1. The molecule has 92 valence electrons. The predicted octanol–water partition coefficient (Wildman–Crippen LogP) is -1.18. The highest BCUT2D eigenvalue weighted by Crippen LogP contribution is 2.22. The molecule has 0 bridgehead atoms. The van der Waals surface area contributed by atoms with E-state index in [0.29, 0.717) is 0 Å². The van der Waals surface area contributed by atoms with Crippen LogP contribution >= 0.6 is 0 Å². The summed E-state index contributed by atoms with van der Waals surface area (Å²) < 4.78 is 32.7. The molecule has 16 heavy (non-hydrogen) atoms. The second-order valence-electron chi connectivity index (χ2n) is 4.19. The maximum absolute atomic E-state index is 11.6. The molecule has 8 heteroatoms. The second-order valence-corrected chi connectivity index (χ2v) is 5.63. The third kappa shape index (κ3) is 2.51. The number of hydrogen-bond acceptors (Lipinski definition) is 4. The number of carboxylic acids is 1. The minimum atomic E-state index is -3.77. The highest BCUT2D eigenvalue weighted by molar-refractivity contribution is 7.87. The fraction of sp³-hybridized carbons (Fsp3) is 0.875. The highest BCUT2D eigenvalue weighted by Gasteiger charge is 2.46. The van der Waals surface area contributed by atoms with Crippen LogP contribution in [0.4, 0.5) is 0 Å². The number of carbonyl (C=O) groups is 1. The van der Waals surface area contributed by atoms with Gasteiger partial charge in [-0.25, -0.2) is 0 Å². The molecule has 1 unspecified atom stereocenters. The van der Waals surface area contributed by atoms with E-state index in [1.165, 1.54) is 0 Å². The van der Waals surface area contributed by atoms with Gasteiger partial charge in [-0.3, -0.25) is 4.79 Å². The van der Waals surface area contributed by atoms with E-state index in [4.69, 9.17) is 9.84 Å². The molecule has 1 heterocycles. The molecule has 2 aliphatic rings. The van der Waals surface area contributed by atoms with E-state index in [0.717, 1.165) is 12.8 Å². The van der Waals surface area contributed by atoms with Gasteiger partial charge in [0.05, 0.1) is 6.61 Å². The van der Waals surface area contributed by atoms with Crippen molar-refractivity contribution in [2.24, 2.45) is 0 Å². The summed E-state index contributed by atoms with van der Waals surface area (Å²) in [6.45, 7) is 0.117. The molecule has 2 rings (SSSR count). The van der Waals surface area contributed by atoms with Crippen molar-refractivity contribution in [2.75, 3.05) is 13.2 Å². The van der Waals surface area contributed by atoms with Crippen LogP contribution in [0.25, 0.3) is 0 Å². The Morgan fingerprint density at radius 1 is 1.44 bits per heavy atom. The Kier molecular flexibility index (Phi) is 2.91. The zero-order chi connectivity index (χ0) is 11.8. The van der Waals surface area contributed by atoms with Crippen LogP contribution in [0.15, 0.2) is 0 Å². The van der Waals surface area contributed by atoms with E-state index in [9.17, 15) is 13.2 Å². The summed E-state index contributed by atoms with van der Waals surface area (Å²) in [4.78, 5) is 11.1. The molecule has 0 amide bonds. The topological polar surface area (TPSA) is 105 Å². The lowest BCUT2D eigenvalue weighted by Crippen LogP contribution is -2.58. The first-order valence-electron chi connectivity index (χ1n) is 5.06. The molecule has 0 aromatic rings. The third-order valence-corrected chi connectivity index (χ3v) is 3.96. The van der Waals surface area contributed by atoms with Crippen LogP contribution in [0.3, 0.4) is 0 Å². The van der Waals surface area contributed by atoms with Gasteiger partial charge in [-0.15, -0.1) is 0 Å². The lowest BCUT2D eigenvalue weighted by Gasteiger charge is -2.23. The van der Waals surface area contributed by atoms with E-state index >= 15 is 0 Å². The first-order chi connectivity index (χ1) is 7.44. The Balaban J connectivity index is 2.07. The third-order valence-electron chi connectivity index (χ3n) is 2.66. The summed E-state index contributed by atoms with van der Waals surface area (Å²) in [5, 5.41) is 9.04. The molecule has 3 N–H and O–H groups in total. The molecule has 0 spiro atoms. The van der Waals surface area contributed by atoms with Gasteiger partial charge in [0.1, 0.15) is 0 Å². The van der Waals surface area contributed by atoms with Crippen LogP contribution in [0.5, 0.6) is 0 Å². The summed E-state index contributed by atoms with van der Waals surface area (Å²) in [5.74, 6) is -1.20. The quantitative estimate of drug-likeness (QED) is 0.569. The SMILES string of the molecule is O=C(O)C1(NS(=O)(=O)NC2CC2)CCOC1. The fourth-order valence-electron chi connectivity index (χ4n) is 1.57. The Hall–Kier alpha value is -0.700. The molecule has 0 aromatic heterocycles. The highest BCUT2D eigenvalue weighted by atomic mass is 32.2. The molecule has 2 fully saturated rings. The first kappa shape index (κ1) is 11.8. The van der Waals surface area contributed by atoms with Crippen molar-refractivity contribution in [3.63, 3.8) is 0 Å². The number of hydrogen-bond donors (Lipinski definition) is 3. The molecule has 1 atom stereocenters. The lowest BCUT2D eigenvalue weighted by molar-refractivity contribution is -0.144. The largest absolute Gasteiger partial charge is 0.480 e. The summed E-state index contributed by atoms with van der Waals surface area (Å²) in [7, 11) is -3.77. The molecule has 1 aliphatic heterocycles. The minimum Gasteiger partial charge on any atom is -0.480 e. The van der Waals surface area contributed by atoms with Crippen molar-refractivity contribution >= 4 is 16.2 Å². The van der Waals surface area contributed by atoms with Gasteiger partial charge in [0.25, 0.3) is 10.2 Å². The Bertz CT molecular complexity index is 383. The molecular weight excluding hydrogens is 236 g/mol. The molecule has 1 saturated carbocycles. The molecule has 0 aromatic carbocycles. The predicted molar refractivity (Wildman–Crippen MR) is 54.0 cm³/mol. The van der Waals surface area contributed by atoms with E-state index < -0.39 is 21.7 Å². The van der Waals surface area contributed by atoms with E-state index in [2.05, 4.69) is 9.44 Å². The minimum absolute atomic E-state index is 0.0503. The zero-order valence-corrected chi connectivity index (χ0v) is 9.42. The number of carboxylic acid groups (broad SMARTS) is 1. The summed E-state index contributed by atoms with van der Waals surface area (Å²) in [5.41, 5.74) is -1.51. The summed E-state index contributed by atoms with van der Waals surface area (Å²) in [6, 6.07) is -0.0503. The van der Waals surface area contributed by atoms with Crippen LogP contribution in [0, 0.1) is 0 Å². The molecular formula is C8H14N2O5S. The van der Waals surface area contributed by atoms with Gasteiger partial charge in [0.2, 0.25) is 0 Å². The molecule has 1 saturated heterocycles. The van der Waals surface area contributed by atoms with Crippen LogP contribution < -0.4 is 9.44 Å². The summed E-state index contributed by atoms with van der Waals surface area (Å²) in [6.07, 6.45) is 1.75. The van der Waals surface area contributed by atoms with Crippen molar-refractivity contribution in [1.82, 2.24) is 9.44 Å². The maximum atomic E-state index is 11.6. The normalized spacial score (nSPS) is 30.5.